The van der Waals surface area contributed by atoms with Crippen LogP contribution in [0.4, 0.5) is 0 Å². The third-order valence-electron chi connectivity index (χ3n) is 8.26. The van der Waals surface area contributed by atoms with Crippen molar-refractivity contribution in [3.8, 4) is 0 Å². The minimum atomic E-state index is -1.64. The largest absolute Gasteiger partial charge is 0.469 e. The Bertz CT molecular complexity index is 1280. The van der Waals surface area contributed by atoms with Gasteiger partial charge in [0.05, 0.1) is 24.1 Å². The summed E-state index contributed by atoms with van der Waals surface area (Å²) in [7, 11) is 1.37. The van der Waals surface area contributed by atoms with E-state index in [0.29, 0.717) is 54.0 Å². The van der Waals surface area contributed by atoms with Crippen LogP contribution in [0.5, 0.6) is 0 Å². The first-order valence-electron chi connectivity index (χ1n) is 13.3. The fourth-order valence-corrected chi connectivity index (χ4v) is 10.1. The average Bonchev–Trinajstić information content (AvgIpc) is 3.50. The Morgan fingerprint density at radius 2 is 1.65 bits per heavy atom. The lowest BCUT2D eigenvalue weighted by Gasteiger charge is -2.53. The maximum atomic E-state index is 13.5. The Labute approximate surface area is 241 Å². The van der Waals surface area contributed by atoms with Crippen LogP contribution in [0.2, 0.25) is 0 Å². The number of unbranched alkanes of at least 4 members (excludes halogenated alkanes) is 1. The van der Waals surface area contributed by atoms with Crippen LogP contribution < -0.4 is 10.6 Å². The van der Waals surface area contributed by atoms with Gasteiger partial charge in [0.1, 0.15) is 11.1 Å². The first kappa shape index (κ1) is 28.5. The van der Waals surface area contributed by atoms with Gasteiger partial charge in [0.15, 0.2) is 0 Å². The molecule has 3 aliphatic rings. The molecule has 3 fully saturated rings. The molecule has 4 N–H and O–H groups in total. The Hall–Kier alpha value is -3.02. The fraction of sp³-hybridized carbons (Fsp3) is 0.448. The van der Waals surface area contributed by atoms with E-state index in [1.54, 1.807) is 72.1 Å². The number of nitrogens with one attached hydrogen (secondary N) is 2. The summed E-state index contributed by atoms with van der Waals surface area (Å²) >= 11 is 3.12. The van der Waals surface area contributed by atoms with Crippen LogP contribution in [-0.4, -0.2) is 80.1 Å². The summed E-state index contributed by atoms with van der Waals surface area (Å²) in [6.45, 7) is 0. The molecule has 2 bridgehead atoms. The number of carbonyl (C=O) groups excluding carboxylic acids is 3. The number of methoxy groups -OCH3 is 1. The van der Waals surface area contributed by atoms with E-state index < -0.39 is 23.1 Å². The standard InChI is InChI=1S/C29H33N3O6S2/c1-38-22(33)15-9-8-14-20-23-24(32-37)28(17-40-23,31-27(35)19-12-6-3-7-13-19)29(36)21(16-39-25(20)29)30-26(34)18-10-4-2-5-11-18/h2-7,10-13,20-21,23,25,36-37H,8-9,14-17H2,1H3,(H,30,34)(H,31,35). The van der Waals surface area contributed by atoms with Crippen molar-refractivity contribution in [2.45, 2.75) is 53.4 Å². The number of esters is 1. The van der Waals surface area contributed by atoms with Crippen molar-refractivity contribution in [1.82, 2.24) is 10.6 Å². The van der Waals surface area contributed by atoms with E-state index in [0.717, 1.165) is 0 Å². The number of fused-ring (bicyclic) bond motifs is 4. The monoisotopic (exact) mass is 583 g/mol. The summed E-state index contributed by atoms with van der Waals surface area (Å²) in [5.41, 5.74) is -1.83. The smallest absolute Gasteiger partial charge is 0.305 e. The van der Waals surface area contributed by atoms with Gasteiger partial charge >= 0.3 is 5.97 Å². The first-order valence-corrected chi connectivity index (χ1v) is 15.4. The topological polar surface area (TPSA) is 137 Å². The van der Waals surface area contributed by atoms with Crippen molar-refractivity contribution >= 4 is 47.0 Å². The molecule has 9 nitrogen and oxygen atoms in total. The maximum Gasteiger partial charge on any atom is 0.305 e. The molecule has 2 aromatic carbocycles. The van der Waals surface area contributed by atoms with Crippen molar-refractivity contribution in [1.29, 1.82) is 0 Å². The number of amides is 2. The predicted octanol–water partition coefficient (Wildman–Crippen LogP) is 3.11. The quantitative estimate of drug-likeness (QED) is 0.153. The van der Waals surface area contributed by atoms with E-state index in [9.17, 15) is 24.7 Å². The average molecular weight is 584 g/mol. The second kappa shape index (κ2) is 11.8. The van der Waals surface area contributed by atoms with Gasteiger partial charge in [-0.15, -0.1) is 11.8 Å². The summed E-state index contributed by atoms with van der Waals surface area (Å²) in [4.78, 5) is 38.4. The number of rotatable bonds is 9. The van der Waals surface area contributed by atoms with E-state index in [2.05, 4.69) is 15.8 Å². The zero-order valence-electron chi connectivity index (χ0n) is 22.1. The molecule has 11 heteroatoms. The molecular weight excluding hydrogens is 550 g/mol. The molecule has 2 amide bonds. The molecule has 0 spiro atoms. The van der Waals surface area contributed by atoms with Crippen molar-refractivity contribution in [3.63, 3.8) is 0 Å². The number of aliphatic hydroxyl groups is 1. The van der Waals surface area contributed by atoms with E-state index in [1.165, 1.54) is 7.11 Å². The lowest BCUT2D eigenvalue weighted by Crippen LogP contribution is -2.80. The zero-order chi connectivity index (χ0) is 28.3. The number of nitrogens with zero attached hydrogens (tertiary/aromatic N) is 1. The normalized spacial score (nSPS) is 31.4. The number of carbonyl (C=O) groups is 3. The highest BCUT2D eigenvalue weighted by Gasteiger charge is 2.75. The number of benzene rings is 2. The Balaban J connectivity index is 1.49. The maximum absolute atomic E-state index is 13.5. The highest BCUT2D eigenvalue weighted by molar-refractivity contribution is 8.02. The Morgan fingerprint density at radius 1 is 1.00 bits per heavy atom. The number of ether oxygens (including phenoxy) is 1. The van der Waals surface area contributed by atoms with Gasteiger partial charge < -0.3 is 25.7 Å². The van der Waals surface area contributed by atoms with E-state index in [-0.39, 0.29) is 28.3 Å². The molecule has 6 unspecified atom stereocenters. The summed E-state index contributed by atoms with van der Waals surface area (Å²) in [6.07, 6.45) is 2.33. The minimum Gasteiger partial charge on any atom is -0.469 e. The molecule has 1 aliphatic carbocycles. The van der Waals surface area contributed by atoms with E-state index in [4.69, 9.17) is 4.74 Å². The van der Waals surface area contributed by atoms with Crippen molar-refractivity contribution in [3.05, 3.63) is 71.8 Å². The second-order valence-corrected chi connectivity index (χ2v) is 12.7. The number of hydrogen-bond acceptors (Lipinski definition) is 9. The van der Waals surface area contributed by atoms with Crippen LogP contribution in [0, 0.1) is 5.92 Å². The zero-order valence-corrected chi connectivity index (χ0v) is 23.7. The Kier molecular flexibility index (Phi) is 8.44. The molecule has 212 valence electrons. The molecule has 6 atom stereocenters. The first-order chi connectivity index (χ1) is 19.4. The molecule has 2 heterocycles. The molecule has 2 aromatic rings. The van der Waals surface area contributed by atoms with Gasteiger partial charge in [0, 0.05) is 34.3 Å². The Morgan fingerprint density at radius 3 is 2.27 bits per heavy atom. The van der Waals surface area contributed by atoms with Crippen LogP contribution in [0.1, 0.15) is 46.4 Å². The molecule has 1 saturated carbocycles. The van der Waals surface area contributed by atoms with Crippen molar-refractivity contribution < 1.29 is 29.4 Å². The second-order valence-electron chi connectivity index (χ2n) is 10.4. The molecule has 40 heavy (non-hydrogen) atoms. The molecule has 0 radical (unpaired) electrons. The number of oxime groups is 1. The van der Waals surface area contributed by atoms with Gasteiger partial charge in [-0.1, -0.05) is 48.0 Å². The fourth-order valence-electron chi connectivity index (χ4n) is 6.29. The van der Waals surface area contributed by atoms with Crippen molar-refractivity contribution in [2.24, 2.45) is 11.1 Å². The van der Waals surface area contributed by atoms with Gasteiger partial charge in [-0.05, 0) is 43.0 Å². The SMILES string of the molecule is COC(=O)CCCCC1C2SCC(NC(=O)c3ccccc3)(C2=NO)C2(O)C(NC(=O)c3ccccc3)CSC12. The molecular formula is C29H33N3O6S2. The number of thioether (sulfide) groups is 2. The third-order valence-corrected chi connectivity index (χ3v) is 11.4. The molecule has 0 aromatic heterocycles. The lowest BCUT2D eigenvalue weighted by atomic mass is 9.61. The van der Waals surface area contributed by atoms with Crippen LogP contribution in [0.15, 0.2) is 65.8 Å². The molecule has 2 saturated heterocycles. The lowest BCUT2D eigenvalue weighted by molar-refractivity contribution is -0.140. The highest BCUT2D eigenvalue weighted by Crippen LogP contribution is 2.60. The molecule has 2 aliphatic heterocycles. The van der Waals surface area contributed by atoms with Gasteiger partial charge in [0.25, 0.3) is 11.8 Å². The summed E-state index contributed by atoms with van der Waals surface area (Å²) in [6, 6.07) is 16.8. The predicted molar refractivity (Wildman–Crippen MR) is 155 cm³/mol. The van der Waals surface area contributed by atoms with Crippen molar-refractivity contribution in [2.75, 3.05) is 18.6 Å². The van der Waals surface area contributed by atoms with Gasteiger partial charge in [-0.2, -0.15) is 11.8 Å². The van der Waals surface area contributed by atoms with Gasteiger partial charge in [-0.3, -0.25) is 14.4 Å². The summed E-state index contributed by atoms with van der Waals surface area (Å²) in [5.74, 6) is -0.371. The van der Waals surface area contributed by atoms with Crippen LogP contribution >= 0.6 is 23.5 Å². The number of hydrogen-bond donors (Lipinski definition) is 4. The van der Waals surface area contributed by atoms with Crippen LogP contribution in [0.25, 0.3) is 0 Å². The van der Waals surface area contributed by atoms with Crippen LogP contribution in [-0.2, 0) is 9.53 Å². The summed E-state index contributed by atoms with van der Waals surface area (Å²) in [5, 5.41) is 32.4. The van der Waals surface area contributed by atoms with Crippen LogP contribution in [0.3, 0.4) is 0 Å². The summed E-state index contributed by atoms with van der Waals surface area (Å²) < 4.78 is 4.77. The van der Waals surface area contributed by atoms with Gasteiger partial charge in [0.2, 0.25) is 0 Å². The van der Waals surface area contributed by atoms with E-state index >= 15 is 0 Å². The highest BCUT2D eigenvalue weighted by atomic mass is 32.2. The van der Waals surface area contributed by atoms with E-state index in [1.807, 2.05) is 12.1 Å². The third kappa shape index (κ3) is 4.88. The molecule has 5 rings (SSSR count). The minimum absolute atomic E-state index is 0.105. The van der Waals surface area contributed by atoms with Gasteiger partial charge in [-0.25, -0.2) is 0 Å².